The third-order valence-corrected chi connectivity index (χ3v) is 5.31. The van der Waals surface area contributed by atoms with E-state index in [1.54, 1.807) is 12.1 Å². The van der Waals surface area contributed by atoms with Crippen molar-refractivity contribution in [2.24, 2.45) is 22.9 Å². The van der Waals surface area contributed by atoms with Crippen molar-refractivity contribution in [1.82, 2.24) is 5.01 Å². The summed E-state index contributed by atoms with van der Waals surface area (Å²) in [7, 11) is 1.79. The maximum absolute atomic E-state index is 12.2. The summed E-state index contributed by atoms with van der Waals surface area (Å²) < 4.78 is 0. The Morgan fingerprint density at radius 1 is 1.28 bits per heavy atom. The van der Waals surface area contributed by atoms with Crippen LogP contribution in [0.1, 0.15) is 56.3 Å². The Kier molecular flexibility index (Phi) is 7.35. The molecular formula is C21H30N2O2. The summed E-state index contributed by atoms with van der Waals surface area (Å²) >= 11 is 0. The SMILES string of the molecule is CC[C@H]1CC[C@@H](CC(C=O)/C(C)=N\N(C)CC(=O)c2ccccc2)C1. The summed E-state index contributed by atoms with van der Waals surface area (Å²) in [6.45, 7) is 4.36. The van der Waals surface area contributed by atoms with E-state index in [-0.39, 0.29) is 18.2 Å². The van der Waals surface area contributed by atoms with Gasteiger partial charge in [-0.1, -0.05) is 56.5 Å². The van der Waals surface area contributed by atoms with E-state index in [0.29, 0.717) is 11.5 Å². The maximum atomic E-state index is 12.2. The van der Waals surface area contributed by atoms with E-state index in [4.69, 9.17) is 0 Å². The molecule has 0 radical (unpaired) electrons. The number of aldehydes is 1. The number of carbonyl (C=O) groups excluding carboxylic acids is 2. The van der Waals surface area contributed by atoms with Crippen LogP contribution in [-0.2, 0) is 4.79 Å². The summed E-state index contributed by atoms with van der Waals surface area (Å²) in [5, 5.41) is 6.14. The quantitative estimate of drug-likeness (QED) is 0.292. The molecule has 136 valence electrons. The zero-order valence-electron chi connectivity index (χ0n) is 15.6. The molecule has 1 fully saturated rings. The van der Waals surface area contributed by atoms with Gasteiger partial charge in [-0.15, -0.1) is 0 Å². The van der Waals surface area contributed by atoms with Crippen LogP contribution in [0.5, 0.6) is 0 Å². The van der Waals surface area contributed by atoms with Gasteiger partial charge in [0.2, 0.25) is 0 Å². The van der Waals surface area contributed by atoms with Crippen LogP contribution in [0.3, 0.4) is 0 Å². The number of likely N-dealkylation sites (N-methyl/N-ethyl adjacent to an activating group) is 1. The first kappa shape index (κ1) is 19.4. The van der Waals surface area contributed by atoms with Crippen LogP contribution in [-0.4, -0.2) is 36.4 Å². The Morgan fingerprint density at radius 2 is 1.96 bits per heavy atom. The van der Waals surface area contributed by atoms with Crippen LogP contribution < -0.4 is 0 Å². The van der Waals surface area contributed by atoms with E-state index in [2.05, 4.69) is 12.0 Å². The molecule has 0 saturated heterocycles. The Bertz CT molecular complexity index is 597. The van der Waals surface area contributed by atoms with Crippen LogP contribution >= 0.6 is 0 Å². The molecular weight excluding hydrogens is 312 g/mol. The highest BCUT2D eigenvalue weighted by Gasteiger charge is 2.27. The van der Waals surface area contributed by atoms with Crippen molar-refractivity contribution in [1.29, 1.82) is 0 Å². The number of benzene rings is 1. The first-order chi connectivity index (χ1) is 12.0. The van der Waals surface area contributed by atoms with Gasteiger partial charge in [-0.25, -0.2) is 0 Å². The number of rotatable bonds is 9. The smallest absolute Gasteiger partial charge is 0.183 e. The number of hydrogen-bond donors (Lipinski definition) is 0. The molecule has 1 saturated carbocycles. The molecule has 0 N–H and O–H groups in total. The lowest BCUT2D eigenvalue weighted by Crippen LogP contribution is -2.25. The summed E-state index contributed by atoms with van der Waals surface area (Å²) in [5.41, 5.74) is 1.49. The summed E-state index contributed by atoms with van der Waals surface area (Å²) in [6, 6.07) is 9.23. The molecule has 4 nitrogen and oxygen atoms in total. The predicted molar refractivity (Wildman–Crippen MR) is 102 cm³/mol. The highest BCUT2D eigenvalue weighted by Crippen LogP contribution is 2.36. The molecule has 4 heteroatoms. The molecule has 0 amide bonds. The number of hydrogen-bond acceptors (Lipinski definition) is 4. The van der Waals surface area contributed by atoms with Crippen LogP contribution in [0.25, 0.3) is 0 Å². The van der Waals surface area contributed by atoms with Crippen LogP contribution in [0.4, 0.5) is 0 Å². The second-order valence-corrected chi connectivity index (χ2v) is 7.28. The van der Waals surface area contributed by atoms with Crippen LogP contribution in [0.15, 0.2) is 35.4 Å². The Morgan fingerprint density at radius 3 is 2.56 bits per heavy atom. The van der Waals surface area contributed by atoms with Gasteiger partial charge in [-0.2, -0.15) is 5.10 Å². The van der Waals surface area contributed by atoms with Gasteiger partial charge in [0.05, 0.1) is 12.5 Å². The average Bonchev–Trinajstić information content (AvgIpc) is 3.07. The fourth-order valence-electron chi connectivity index (χ4n) is 3.75. The molecule has 1 unspecified atom stereocenters. The van der Waals surface area contributed by atoms with Crippen molar-refractivity contribution in [2.45, 2.75) is 46.0 Å². The van der Waals surface area contributed by atoms with E-state index in [1.165, 1.54) is 25.7 Å². The molecule has 2 rings (SSSR count). The number of hydrazone groups is 1. The van der Waals surface area contributed by atoms with E-state index in [0.717, 1.165) is 24.3 Å². The zero-order valence-corrected chi connectivity index (χ0v) is 15.6. The predicted octanol–water partition coefficient (Wildman–Crippen LogP) is 4.21. The van der Waals surface area contributed by atoms with E-state index in [9.17, 15) is 9.59 Å². The first-order valence-corrected chi connectivity index (χ1v) is 9.33. The average molecular weight is 342 g/mol. The van der Waals surface area contributed by atoms with Crippen molar-refractivity contribution < 1.29 is 9.59 Å². The van der Waals surface area contributed by atoms with E-state index >= 15 is 0 Å². The normalized spacial score (nSPS) is 21.8. The highest BCUT2D eigenvalue weighted by molar-refractivity contribution is 5.98. The minimum absolute atomic E-state index is 0.0314. The van der Waals surface area contributed by atoms with Gasteiger partial charge in [0, 0.05) is 18.3 Å². The molecule has 0 bridgehead atoms. The molecule has 3 atom stereocenters. The molecule has 1 aromatic carbocycles. The van der Waals surface area contributed by atoms with Crippen LogP contribution in [0.2, 0.25) is 0 Å². The third kappa shape index (κ3) is 5.80. The van der Waals surface area contributed by atoms with Crippen molar-refractivity contribution in [2.75, 3.05) is 13.6 Å². The van der Waals surface area contributed by atoms with E-state index in [1.807, 2.05) is 37.3 Å². The van der Waals surface area contributed by atoms with Gasteiger partial charge in [-0.05, 0) is 31.6 Å². The molecule has 0 aromatic heterocycles. The maximum Gasteiger partial charge on any atom is 0.183 e. The van der Waals surface area contributed by atoms with E-state index < -0.39 is 0 Å². The monoisotopic (exact) mass is 342 g/mol. The molecule has 0 heterocycles. The van der Waals surface area contributed by atoms with Crippen molar-refractivity contribution in [3.8, 4) is 0 Å². The lowest BCUT2D eigenvalue weighted by molar-refractivity contribution is -0.109. The number of Topliss-reactive ketones (excluding diaryl/α,β-unsaturated/α-hetero) is 1. The minimum Gasteiger partial charge on any atom is -0.303 e. The van der Waals surface area contributed by atoms with Gasteiger partial charge in [0.15, 0.2) is 5.78 Å². The van der Waals surface area contributed by atoms with Crippen LogP contribution in [0, 0.1) is 17.8 Å². The lowest BCUT2D eigenvalue weighted by atomic mass is 9.90. The molecule has 0 aliphatic heterocycles. The molecule has 0 spiro atoms. The lowest BCUT2D eigenvalue weighted by Gasteiger charge is -2.19. The van der Waals surface area contributed by atoms with Gasteiger partial charge < -0.3 is 4.79 Å². The Balaban J connectivity index is 1.91. The van der Waals surface area contributed by atoms with Gasteiger partial charge >= 0.3 is 0 Å². The van der Waals surface area contributed by atoms with Crippen molar-refractivity contribution in [3.63, 3.8) is 0 Å². The fourth-order valence-corrected chi connectivity index (χ4v) is 3.75. The molecule has 1 aromatic rings. The second-order valence-electron chi connectivity index (χ2n) is 7.28. The minimum atomic E-state index is -0.144. The number of ketones is 1. The van der Waals surface area contributed by atoms with Crippen molar-refractivity contribution >= 4 is 17.8 Å². The Labute approximate surface area is 151 Å². The van der Waals surface area contributed by atoms with Crippen molar-refractivity contribution in [3.05, 3.63) is 35.9 Å². The zero-order chi connectivity index (χ0) is 18.2. The summed E-state index contributed by atoms with van der Waals surface area (Å²) in [6.07, 6.45) is 6.88. The highest BCUT2D eigenvalue weighted by atomic mass is 16.1. The number of carbonyl (C=O) groups is 2. The molecule has 25 heavy (non-hydrogen) atoms. The second kappa shape index (κ2) is 9.50. The largest absolute Gasteiger partial charge is 0.303 e. The van der Waals surface area contributed by atoms with Gasteiger partial charge in [0.25, 0.3) is 0 Å². The fraction of sp³-hybridized carbons (Fsp3) is 0.571. The number of nitrogens with zero attached hydrogens (tertiary/aromatic N) is 2. The van der Waals surface area contributed by atoms with Gasteiger partial charge in [0.1, 0.15) is 6.29 Å². The van der Waals surface area contributed by atoms with Gasteiger partial charge in [-0.3, -0.25) is 9.80 Å². The topological polar surface area (TPSA) is 49.7 Å². The summed E-state index contributed by atoms with van der Waals surface area (Å²) in [4.78, 5) is 23.8. The Hall–Kier alpha value is -1.97. The molecule has 1 aliphatic carbocycles. The molecule has 1 aliphatic rings. The standard InChI is InChI=1S/C21H30N2O2/c1-4-17-10-11-18(12-17)13-20(15-24)16(2)22-23(3)14-21(25)19-8-6-5-7-9-19/h5-9,15,17-18,20H,4,10-14H2,1-3H3/b22-16-/t17-,18+,20?/m0/s1. The third-order valence-electron chi connectivity index (χ3n) is 5.31. The summed E-state index contributed by atoms with van der Waals surface area (Å²) in [5.74, 6) is 1.33. The first-order valence-electron chi connectivity index (χ1n) is 9.33.